The maximum atomic E-state index is 13.3. The quantitative estimate of drug-likeness (QED) is 0.405. The van der Waals surface area contributed by atoms with E-state index in [4.69, 9.17) is 4.74 Å². The average Bonchev–Trinajstić information content (AvgIpc) is 3.56. The summed E-state index contributed by atoms with van der Waals surface area (Å²) in [6.07, 6.45) is 5.29. The smallest absolute Gasteiger partial charge is 0.255 e. The second kappa shape index (κ2) is 10.9. The number of hydrogen-bond donors (Lipinski definition) is 1. The van der Waals surface area contributed by atoms with E-state index in [-0.39, 0.29) is 18.6 Å². The molecule has 0 spiro atoms. The lowest BCUT2D eigenvalue weighted by Crippen LogP contribution is -2.47. The van der Waals surface area contributed by atoms with Crippen molar-refractivity contribution in [3.05, 3.63) is 83.1 Å². The van der Waals surface area contributed by atoms with Crippen molar-refractivity contribution < 1.29 is 9.53 Å². The van der Waals surface area contributed by atoms with Gasteiger partial charge >= 0.3 is 0 Å². The molecule has 1 amide bonds. The Hall–Kier alpha value is -3.40. The van der Waals surface area contributed by atoms with Gasteiger partial charge in [0.05, 0.1) is 34.6 Å². The first kappa shape index (κ1) is 23.3. The van der Waals surface area contributed by atoms with Crippen LogP contribution in [0, 0.1) is 0 Å². The molecule has 9 heteroatoms. The molecule has 5 rings (SSSR count). The van der Waals surface area contributed by atoms with Gasteiger partial charge in [-0.25, -0.2) is 9.97 Å². The Kier molecular flexibility index (Phi) is 7.27. The summed E-state index contributed by atoms with van der Waals surface area (Å²) in [7, 11) is 1.60. The molecule has 1 atom stereocenters. The number of nitrogens with one attached hydrogen (secondary N) is 1. The third-order valence-corrected chi connectivity index (χ3v) is 6.98. The number of rotatable bonds is 8. The number of nitrogens with zero attached hydrogens (tertiary/aromatic N) is 5. The van der Waals surface area contributed by atoms with Crippen LogP contribution >= 0.6 is 11.3 Å². The van der Waals surface area contributed by atoms with E-state index in [1.807, 2.05) is 29.6 Å². The molecular formula is C26H28N6O2S. The first-order valence-corrected chi connectivity index (χ1v) is 12.6. The minimum Gasteiger partial charge on any atom is -0.378 e. The van der Waals surface area contributed by atoms with E-state index in [0.29, 0.717) is 17.2 Å². The van der Waals surface area contributed by atoms with Crippen molar-refractivity contribution in [1.29, 1.82) is 0 Å². The van der Waals surface area contributed by atoms with E-state index < -0.39 is 0 Å². The number of carbonyl (C=O) groups excluding carboxylic acids is 1. The average molecular weight is 489 g/mol. The number of hydrogen-bond acceptors (Lipinski definition) is 7. The number of aromatic nitrogens is 4. The highest BCUT2D eigenvalue weighted by molar-refractivity contribution is 7.13. The van der Waals surface area contributed by atoms with Crippen molar-refractivity contribution in [2.75, 3.05) is 20.2 Å². The molecule has 0 aliphatic carbocycles. The molecule has 4 aromatic rings. The van der Waals surface area contributed by atoms with Crippen LogP contribution in [0.3, 0.4) is 0 Å². The summed E-state index contributed by atoms with van der Waals surface area (Å²) in [5, 5.41) is 9.69. The molecule has 3 aromatic heterocycles. The van der Waals surface area contributed by atoms with Gasteiger partial charge in [0.25, 0.3) is 11.9 Å². The van der Waals surface area contributed by atoms with E-state index in [9.17, 15) is 4.79 Å². The van der Waals surface area contributed by atoms with Crippen molar-refractivity contribution in [1.82, 2.24) is 30.0 Å². The number of thiophene rings is 1. The van der Waals surface area contributed by atoms with Crippen LogP contribution in [0.2, 0.25) is 0 Å². The topological polar surface area (TPSA) is 85.2 Å². The Morgan fingerprint density at radius 2 is 2.09 bits per heavy atom. The van der Waals surface area contributed by atoms with Crippen molar-refractivity contribution in [2.45, 2.75) is 32.0 Å². The van der Waals surface area contributed by atoms with Gasteiger partial charge < -0.3 is 10.1 Å². The number of ether oxygens (including phenoxy) is 1. The third-order valence-electron chi connectivity index (χ3n) is 6.09. The van der Waals surface area contributed by atoms with Gasteiger partial charge in [0.15, 0.2) is 0 Å². The molecule has 0 unspecified atom stereocenters. The van der Waals surface area contributed by atoms with E-state index in [2.05, 4.69) is 49.5 Å². The molecule has 0 saturated carbocycles. The fourth-order valence-electron chi connectivity index (χ4n) is 4.45. The highest BCUT2D eigenvalue weighted by Crippen LogP contribution is 2.23. The number of carbonyl (C=O) groups is 1. The highest BCUT2D eigenvalue weighted by Gasteiger charge is 2.25. The maximum Gasteiger partial charge on any atom is 0.255 e. The zero-order valence-electron chi connectivity index (χ0n) is 19.6. The summed E-state index contributed by atoms with van der Waals surface area (Å²) >= 11 is 1.61. The van der Waals surface area contributed by atoms with Crippen molar-refractivity contribution in [3.63, 3.8) is 0 Å². The summed E-state index contributed by atoms with van der Waals surface area (Å²) in [5.74, 6) is 0.262. The number of methoxy groups -OCH3 is 1. The zero-order valence-corrected chi connectivity index (χ0v) is 20.4. The summed E-state index contributed by atoms with van der Waals surface area (Å²) in [6, 6.07) is 16.4. The Labute approximate surface area is 208 Å². The van der Waals surface area contributed by atoms with Gasteiger partial charge in [0.1, 0.15) is 0 Å². The van der Waals surface area contributed by atoms with Gasteiger partial charge in [0.2, 0.25) is 0 Å². The Bertz CT molecular complexity index is 1260. The van der Waals surface area contributed by atoms with Crippen LogP contribution in [0.4, 0.5) is 0 Å². The van der Waals surface area contributed by atoms with E-state index >= 15 is 0 Å². The van der Waals surface area contributed by atoms with Crippen LogP contribution in [-0.4, -0.2) is 56.8 Å². The Balaban J connectivity index is 1.32. The monoisotopic (exact) mass is 488 g/mol. The van der Waals surface area contributed by atoms with E-state index in [0.717, 1.165) is 43.0 Å². The molecule has 1 aliphatic rings. The third kappa shape index (κ3) is 5.48. The summed E-state index contributed by atoms with van der Waals surface area (Å²) in [5.41, 5.74) is 3.21. The van der Waals surface area contributed by atoms with E-state index in [1.165, 1.54) is 5.56 Å². The molecular weight excluding hydrogens is 460 g/mol. The second-order valence-corrected chi connectivity index (χ2v) is 9.55. The molecule has 1 N–H and O–H groups in total. The van der Waals surface area contributed by atoms with Gasteiger partial charge in [-0.2, -0.15) is 9.78 Å². The van der Waals surface area contributed by atoms with E-state index in [1.54, 1.807) is 35.5 Å². The molecule has 35 heavy (non-hydrogen) atoms. The molecule has 0 bridgehead atoms. The van der Waals surface area contributed by atoms with Gasteiger partial charge in [-0.05, 0) is 42.5 Å². The van der Waals surface area contributed by atoms with Crippen LogP contribution in [-0.2, 0) is 17.9 Å². The minimum atomic E-state index is -0.149. The van der Waals surface area contributed by atoms with Gasteiger partial charge in [-0.1, -0.05) is 36.4 Å². The molecule has 1 fully saturated rings. The maximum absolute atomic E-state index is 13.3. The van der Waals surface area contributed by atoms with Crippen LogP contribution < -0.4 is 5.32 Å². The van der Waals surface area contributed by atoms with Crippen LogP contribution in [0.1, 0.15) is 34.5 Å². The number of piperidine rings is 1. The van der Waals surface area contributed by atoms with Gasteiger partial charge in [-0.15, -0.1) is 11.3 Å². The lowest BCUT2D eigenvalue weighted by atomic mass is 10.0. The summed E-state index contributed by atoms with van der Waals surface area (Å²) in [6.45, 7) is 2.96. The van der Waals surface area contributed by atoms with Crippen molar-refractivity contribution >= 4 is 17.2 Å². The summed E-state index contributed by atoms with van der Waals surface area (Å²) in [4.78, 5) is 25.8. The lowest BCUT2D eigenvalue weighted by Gasteiger charge is -2.33. The SMILES string of the molecule is COCc1c(C(=O)N[C@H]2CCCN(Cc3ccccc3)C2)cnn1-c1nccc(-c2cccs2)n1. The summed E-state index contributed by atoms with van der Waals surface area (Å²) < 4.78 is 7.01. The van der Waals surface area contributed by atoms with Crippen LogP contribution in [0.15, 0.2) is 66.3 Å². The van der Waals surface area contributed by atoms with Crippen molar-refractivity contribution in [2.24, 2.45) is 0 Å². The Morgan fingerprint density at radius 1 is 1.20 bits per heavy atom. The minimum absolute atomic E-state index is 0.0807. The van der Waals surface area contributed by atoms with Crippen molar-refractivity contribution in [3.8, 4) is 16.5 Å². The largest absolute Gasteiger partial charge is 0.378 e. The van der Waals surface area contributed by atoms with Crippen LogP contribution in [0.5, 0.6) is 0 Å². The first-order valence-electron chi connectivity index (χ1n) is 11.7. The molecule has 1 saturated heterocycles. The fourth-order valence-corrected chi connectivity index (χ4v) is 5.14. The molecule has 4 heterocycles. The molecule has 1 aromatic carbocycles. The first-order chi connectivity index (χ1) is 17.2. The normalized spacial score (nSPS) is 16.3. The molecule has 8 nitrogen and oxygen atoms in total. The fraction of sp³-hybridized carbons (Fsp3) is 0.308. The number of benzene rings is 1. The lowest BCUT2D eigenvalue weighted by molar-refractivity contribution is 0.0895. The highest BCUT2D eigenvalue weighted by atomic mass is 32.1. The number of likely N-dealkylation sites (tertiary alicyclic amines) is 1. The predicted molar refractivity (Wildman–Crippen MR) is 135 cm³/mol. The van der Waals surface area contributed by atoms with Gasteiger partial charge in [-0.3, -0.25) is 9.69 Å². The Morgan fingerprint density at radius 3 is 2.89 bits per heavy atom. The second-order valence-electron chi connectivity index (χ2n) is 8.60. The predicted octanol–water partition coefficient (Wildman–Crippen LogP) is 3.93. The molecule has 1 aliphatic heterocycles. The molecule has 0 radical (unpaired) electrons. The standard InChI is InChI=1S/C26H28N6O2S/c1-34-18-23-21(15-28-32(23)26-27-12-11-22(30-26)24-10-6-14-35-24)25(33)29-20-9-5-13-31(17-20)16-19-7-3-2-4-8-19/h2-4,6-8,10-12,14-15,20H,5,9,13,16-18H2,1H3,(H,29,33)/t20-/m0/s1. The van der Waals surface area contributed by atoms with Crippen LogP contribution in [0.25, 0.3) is 16.5 Å². The number of amides is 1. The van der Waals surface area contributed by atoms with Gasteiger partial charge in [0, 0.05) is 32.4 Å². The zero-order chi connectivity index (χ0) is 24.0. The molecule has 180 valence electrons.